The van der Waals surface area contributed by atoms with Gasteiger partial charge in [-0.25, -0.2) is 31.1 Å². The second kappa shape index (κ2) is 5.92. The molecule has 0 radical (unpaired) electrons. The summed E-state index contributed by atoms with van der Waals surface area (Å²) in [6.07, 6.45) is -2.12. The van der Waals surface area contributed by atoms with Crippen molar-refractivity contribution in [1.82, 2.24) is 0 Å². The van der Waals surface area contributed by atoms with E-state index in [4.69, 9.17) is 5.11 Å². The predicted molar refractivity (Wildman–Crippen MR) is 64.2 cm³/mol. The van der Waals surface area contributed by atoms with Gasteiger partial charge in [-0.05, 0) is 11.6 Å². The van der Waals surface area contributed by atoms with E-state index < -0.39 is 63.7 Å². The maximum Gasteiger partial charge on any atom is 0.337 e. The third-order valence-electron chi connectivity index (χ3n) is 3.02. The molecular weight excluding hydrogens is 330 g/mol. The van der Waals surface area contributed by atoms with Crippen LogP contribution in [0.15, 0.2) is 18.2 Å². The maximum absolute atomic E-state index is 13.9. The zero-order valence-electron chi connectivity index (χ0n) is 10.9. The molecule has 0 amide bonds. The van der Waals surface area contributed by atoms with Crippen LogP contribution in [0.1, 0.15) is 11.7 Å². The summed E-state index contributed by atoms with van der Waals surface area (Å²) in [5, 5.41) is 17.8. The smallest absolute Gasteiger partial charge is 0.337 e. The van der Waals surface area contributed by atoms with E-state index in [0.29, 0.717) is 12.1 Å². The van der Waals surface area contributed by atoms with E-state index in [1.54, 1.807) is 0 Å². The summed E-state index contributed by atoms with van der Waals surface area (Å²) in [7, 11) is 0. The van der Waals surface area contributed by atoms with Crippen molar-refractivity contribution in [3.05, 3.63) is 58.7 Å². The van der Waals surface area contributed by atoms with Crippen molar-refractivity contribution < 1.29 is 41.4 Å². The number of hydrogen-bond acceptors (Lipinski definition) is 2. The lowest BCUT2D eigenvalue weighted by Gasteiger charge is -2.11. The van der Waals surface area contributed by atoms with Crippen molar-refractivity contribution in [3.8, 4) is 11.1 Å². The number of aliphatic hydroxyl groups excluding tert-OH is 1. The van der Waals surface area contributed by atoms with E-state index in [0.717, 1.165) is 6.07 Å². The summed E-state index contributed by atoms with van der Waals surface area (Å²) in [5.74, 6) is -14.5. The van der Waals surface area contributed by atoms with Crippen LogP contribution >= 0.6 is 0 Å². The Kier molecular flexibility index (Phi) is 4.33. The molecule has 2 rings (SSSR count). The molecule has 122 valence electrons. The molecule has 0 saturated carbocycles. The molecule has 0 aromatic heterocycles. The maximum atomic E-state index is 13.9. The lowest BCUT2D eigenvalue weighted by Crippen LogP contribution is -2.11. The molecule has 23 heavy (non-hydrogen) atoms. The SMILES string of the molecule is O=C(O)C(O)c1ccc(-c2c(F)c(F)c(F)c(F)c2F)c(F)c1. The summed E-state index contributed by atoms with van der Waals surface area (Å²) < 4.78 is 80.4. The molecule has 0 heterocycles. The molecule has 0 aliphatic rings. The van der Waals surface area contributed by atoms with E-state index in [1.165, 1.54) is 0 Å². The first-order valence-corrected chi connectivity index (χ1v) is 5.89. The highest BCUT2D eigenvalue weighted by Crippen LogP contribution is 2.34. The molecule has 2 N–H and O–H groups in total. The lowest BCUT2D eigenvalue weighted by molar-refractivity contribution is -0.146. The number of hydrogen-bond donors (Lipinski definition) is 2. The van der Waals surface area contributed by atoms with Crippen molar-refractivity contribution in [1.29, 1.82) is 0 Å². The van der Waals surface area contributed by atoms with Crippen LogP contribution in [0, 0.1) is 34.9 Å². The monoisotopic (exact) mass is 336 g/mol. The van der Waals surface area contributed by atoms with Gasteiger partial charge in [0.05, 0.1) is 5.56 Å². The number of rotatable bonds is 3. The van der Waals surface area contributed by atoms with E-state index in [-0.39, 0.29) is 0 Å². The third kappa shape index (κ3) is 2.74. The minimum atomic E-state index is -2.39. The first-order valence-electron chi connectivity index (χ1n) is 5.89. The normalized spacial score (nSPS) is 12.3. The van der Waals surface area contributed by atoms with Gasteiger partial charge < -0.3 is 10.2 Å². The molecule has 2 aromatic carbocycles. The van der Waals surface area contributed by atoms with Gasteiger partial charge in [0.1, 0.15) is 5.82 Å². The summed E-state index contributed by atoms with van der Waals surface area (Å²) in [5.41, 5.74) is -2.93. The molecule has 0 bridgehead atoms. The van der Waals surface area contributed by atoms with Gasteiger partial charge in [-0.15, -0.1) is 0 Å². The Morgan fingerprint density at radius 2 is 1.35 bits per heavy atom. The van der Waals surface area contributed by atoms with Crippen molar-refractivity contribution in [2.45, 2.75) is 6.10 Å². The number of benzene rings is 2. The molecule has 3 nitrogen and oxygen atoms in total. The zero-order chi connectivity index (χ0) is 17.5. The Balaban J connectivity index is 2.67. The Hall–Kier alpha value is -2.55. The Morgan fingerprint density at radius 1 is 0.870 bits per heavy atom. The van der Waals surface area contributed by atoms with Crippen LogP contribution < -0.4 is 0 Å². The van der Waals surface area contributed by atoms with Crippen LogP contribution in [-0.2, 0) is 4.79 Å². The van der Waals surface area contributed by atoms with Gasteiger partial charge in [-0.3, -0.25) is 0 Å². The van der Waals surface area contributed by atoms with Crippen LogP contribution in [0.5, 0.6) is 0 Å². The topological polar surface area (TPSA) is 57.5 Å². The van der Waals surface area contributed by atoms with Gasteiger partial charge in [0.2, 0.25) is 5.82 Å². The van der Waals surface area contributed by atoms with E-state index in [1.807, 2.05) is 0 Å². The second-order valence-corrected chi connectivity index (χ2v) is 4.42. The Morgan fingerprint density at radius 3 is 1.78 bits per heavy atom. The van der Waals surface area contributed by atoms with Crippen molar-refractivity contribution in [2.75, 3.05) is 0 Å². The minimum Gasteiger partial charge on any atom is -0.479 e. The molecule has 9 heteroatoms. The average molecular weight is 336 g/mol. The van der Waals surface area contributed by atoms with E-state index >= 15 is 0 Å². The molecule has 0 fully saturated rings. The van der Waals surface area contributed by atoms with Crippen LogP contribution in [0.25, 0.3) is 11.1 Å². The molecule has 0 spiro atoms. The highest BCUT2D eigenvalue weighted by atomic mass is 19.2. The van der Waals surface area contributed by atoms with Crippen LogP contribution in [0.4, 0.5) is 26.3 Å². The van der Waals surface area contributed by atoms with Gasteiger partial charge in [-0.2, -0.15) is 0 Å². The standard InChI is InChI=1S/C14H6F6O3/c15-6-3-4(13(21)14(22)23)1-2-5(6)7-8(16)10(18)12(20)11(19)9(7)17/h1-3,13,21H,(H,22,23). The number of halogens is 6. The van der Waals surface area contributed by atoms with Crippen LogP contribution in [-0.4, -0.2) is 16.2 Å². The van der Waals surface area contributed by atoms with Crippen molar-refractivity contribution in [3.63, 3.8) is 0 Å². The fourth-order valence-electron chi connectivity index (χ4n) is 1.89. The van der Waals surface area contributed by atoms with Gasteiger partial charge in [0.15, 0.2) is 29.4 Å². The zero-order valence-corrected chi connectivity index (χ0v) is 10.9. The molecule has 0 saturated heterocycles. The number of aliphatic hydroxyl groups is 1. The number of carboxylic acid groups (broad SMARTS) is 1. The number of carbonyl (C=O) groups is 1. The summed E-state index contributed by atoms with van der Waals surface area (Å²) in [4.78, 5) is 10.6. The third-order valence-corrected chi connectivity index (χ3v) is 3.02. The van der Waals surface area contributed by atoms with E-state index in [2.05, 4.69) is 0 Å². The first kappa shape index (κ1) is 16.8. The Labute approximate surface area is 124 Å². The van der Waals surface area contributed by atoms with E-state index in [9.17, 15) is 36.2 Å². The van der Waals surface area contributed by atoms with Gasteiger partial charge >= 0.3 is 5.97 Å². The van der Waals surface area contributed by atoms with Crippen molar-refractivity contribution in [2.24, 2.45) is 0 Å². The van der Waals surface area contributed by atoms with Crippen molar-refractivity contribution >= 4 is 5.97 Å². The average Bonchev–Trinajstić information content (AvgIpc) is 2.51. The summed E-state index contributed by atoms with van der Waals surface area (Å²) in [6, 6.07) is 1.82. The number of carboxylic acids is 1. The highest BCUT2D eigenvalue weighted by molar-refractivity contribution is 5.75. The second-order valence-electron chi connectivity index (χ2n) is 4.42. The lowest BCUT2D eigenvalue weighted by atomic mass is 9.99. The molecule has 0 aliphatic carbocycles. The summed E-state index contributed by atoms with van der Waals surface area (Å²) >= 11 is 0. The van der Waals surface area contributed by atoms with Gasteiger partial charge in [-0.1, -0.05) is 12.1 Å². The Bertz CT molecular complexity index is 777. The fourth-order valence-corrected chi connectivity index (χ4v) is 1.89. The molecule has 1 atom stereocenters. The molecular formula is C14H6F6O3. The highest BCUT2D eigenvalue weighted by Gasteiger charge is 2.28. The molecule has 1 unspecified atom stereocenters. The van der Waals surface area contributed by atoms with Crippen LogP contribution in [0.2, 0.25) is 0 Å². The fraction of sp³-hybridized carbons (Fsp3) is 0.0714. The quantitative estimate of drug-likeness (QED) is 0.514. The first-order chi connectivity index (χ1) is 10.7. The summed E-state index contributed by atoms with van der Waals surface area (Å²) in [6.45, 7) is 0. The van der Waals surface area contributed by atoms with Gasteiger partial charge in [0.25, 0.3) is 0 Å². The predicted octanol–water partition coefficient (Wildman–Crippen LogP) is 3.31. The van der Waals surface area contributed by atoms with Crippen LogP contribution in [0.3, 0.4) is 0 Å². The molecule has 0 aliphatic heterocycles. The molecule has 2 aromatic rings. The van der Waals surface area contributed by atoms with Gasteiger partial charge in [0, 0.05) is 5.56 Å². The largest absolute Gasteiger partial charge is 0.479 e. The minimum absolute atomic E-state index is 0.423. The number of aliphatic carboxylic acids is 1.